The van der Waals surface area contributed by atoms with Crippen LogP contribution in [0.1, 0.15) is 33.0 Å². The zero-order chi connectivity index (χ0) is 20.0. The molecule has 0 amide bonds. The Balaban J connectivity index is 0.00000364. The third-order valence-corrected chi connectivity index (χ3v) is 2.55. The van der Waals surface area contributed by atoms with Crippen molar-refractivity contribution in [1.29, 1.82) is 0 Å². The first kappa shape index (κ1) is 5.33. The summed E-state index contributed by atoms with van der Waals surface area (Å²) < 4.78 is 75.9. The van der Waals surface area contributed by atoms with E-state index in [4.69, 9.17) is 13.7 Å². The van der Waals surface area contributed by atoms with E-state index < -0.39 is 33.2 Å². The number of fused-ring (bicyclic) bond motifs is 1. The number of hydrogen-bond donors (Lipinski definition) is 1. The minimum atomic E-state index is -3.22. The van der Waals surface area contributed by atoms with Gasteiger partial charge in [-0.3, -0.25) is 0 Å². The zero-order valence-corrected chi connectivity index (χ0v) is 9.97. The number of para-hydroxylation sites is 1. The van der Waals surface area contributed by atoms with E-state index >= 15 is 0 Å². The third kappa shape index (κ3) is 3.24. The number of aromatic amines is 1. The summed E-state index contributed by atoms with van der Waals surface area (Å²) in [6.45, 7) is -13.2. The lowest BCUT2D eigenvalue weighted by atomic mass is 10.1. The van der Waals surface area contributed by atoms with Crippen molar-refractivity contribution in [3.8, 4) is 0 Å². The lowest BCUT2D eigenvalue weighted by Gasteiger charge is -2.17. The number of nitrogens with one attached hydrogen (secondary N) is 1. The highest BCUT2D eigenvalue weighted by atomic mass is 35.5. The van der Waals surface area contributed by atoms with Crippen LogP contribution >= 0.6 is 12.4 Å². The van der Waals surface area contributed by atoms with E-state index in [2.05, 4.69) is 4.98 Å². The standard InChI is InChI=1S/C14H20N2.ClH/c1-3-16(4-2)10-9-12-11-15-14-8-6-5-7-13(12)14;/h5-8,11,15H,3-4,9-10H2,1-2H3;1H/i1D3,2D3,3D2,4D2;. The number of rotatable bonds is 5. The summed E-state index contributed by atoms with van der Waals surface area (Å²) >= 11 is 0. The molecule has 0 saturated heterocycles. The van der Waals surface area contributed by atoms with Gasteiger partial charge in [0.1, 0.15) is 0 Å². The van der Waals surface area contributed by atoms with Gasteiger partial charge in [0.15, 0.2) is 0 Å². The van der Waals surface area contributed by atoms with E-state index in [1.54, 1.807) is 12.3 Å². The molecule has 2 rings (SSSR count). The molecule has 1 aromatic carbocycles. The zero-order valence-electron chi connectivity index (χ0n) is 19.2. The number of aromatic nitrogens is 1. The topological polar surface area (TPSA) is 19.0 Å². The molecular formula is C14H21ClN2. The summed E-state index contributed by atoms with van der Waals surface area (Å²) in [4.78, 5) is 3.32. The summed E-state index contributed by atoms with van der Waals surface area (Å²) in [5.41, 5.74) is 1.54. The molecule has 0 bridgehead atoms. The number of likely N-dealkylation sites (N-methyl/N-ethyl adjacent to an activating group) is 1. The molecule has 94 valence electrons. The van der Waals surface area contributed by atoms with Gasteiger partial charge in [0.25, 0.3) is 0 Å². The molecule has 2 aromatic rings. The average molecular weight is 263 g/mol. The molecule has 17 heavy (non-hydrogen) atoms. The number of halogens is 1. The molecule has 0 aliphatic rings. The average Bonchev–Trinajstić information content (AvgIpc) is 2.88. The van der Waals surface area contributed by atoms with Gasteiger partial charge in [0.2, 0.25) is 0 Å². The number of nitrogens with zero attached hydrogens (tertiary/aromatic N) is 1. The molecule has 1 heterocycles. The predicted octanol–water partition coefficient (Wildman–Crippen LogP) is 3.47. The maximum atomic E-state index is 7.89. The van der Waals surface area contributed by atoms with Gasteiger partial charge < -0.3 is 9.88 Å². The van der Waals surface area contributed by atoms with Gasteiger partial charge in [-0.1, -0.05) is 31.9 Å². The fourth-order valence-corrected chi connectivity index (χ4v) is 1.71. The van der Waals surface area contributed by atoms with Crippen molar-refractivity contribution < 1.29 is 13.7 Å². The largest absolute Gasteiger partial charge is 0.361 e. The van der Waals surface area contributed by atoms with Crippen molar-refractivity contribution in [2.75, 3.05) is 19.5 Å². The summed E-state index contributed by atoms with van der Waals surface area (Å²) in [6.07, 6.45) is 1.74. The predicted molar refractivity (Wildman–Crippen MR) is 77.0 cm³/mol. The van der Waals surface area contributed by atoms with Crippen molar-refractivity contribution in [2.45, 2.75) is 20.1 Å². The Labute approximate surface area is 123 Å². The monoisotopic (exact) mass is 262 g/mol. The maximum Gasteiger partial charge on any atom is 0.0456 e. The summed E-state index contributed by atoms with van der Waals surface area (Å²) in [5, 5.41) is 0.830. The van der Waals surface area contributed by atoms with Gasteiger partial charge in [0, 0.05) is 37.4 Å². The molecule has 2 nitrogen and oxygen atoms in total. The molecule has 3 heteroatoms. The normalized spacial score (nSPS) is 22.6. The Morgan fingerprint density at radius 2 is 2.06 bits per heavy atom. The lowest BCUT2D eigenvalue weighted by molar-refractivity contribution is 0.308. The van der Waals surface area contributed by atoms with Crippen molar-refractivity contribution in [1.82, 2.24) is 9.88 Å². The smallest absolute Gasteiger partial charge is 0.0456 e. The van der Waals surface area contributed by atoms with Crippen molar-refractivity contribution >= 4 is 23.3 Å². The fourth-order valence-electron chi connectivity index (χ4n) is 1.71. The minimum absolute atomic E-state index is 0. The highest BCUT2D eigenvalue weighted by Gasteiger charge is 2.04. The van der Waals surface area contributed by atoms with Crippen molar-refractivity contribution in [3.63, 3.8) is 0 Å². The van der Waals surface area contributed by atoms with Crippen LogP contribution in [-0.2, 0) is 6.42 Å². The van der Waals surface area contributed by atoms with Crippen molar-refractivity contribution in [2.24, 2.45) is 0 Å². The fraction of sp³-hybridized carbons (Fsp3) is 0.429. The van der Waals surface area contributed by atoms with Gasteiger partial charge in [-0.05, 0) is 31.0 Å². The van der Waals surface area contributed by atoms with Crippen LogP contribution < -0.4 is 0 Å². The van der Waals surface area contributed by atoms with Gasteiger partial charge in [-0.15, -0.1) is 12.4 Å². The van der Waals surface area contributed by atoms with Gasteiger partial charge in [-0.2, -0.15) is 0 Å². The molecule has 0 aliphatic carbocycles. The number of H-pyrrole nitrogens is 1. The lowest BCUT2D eigenvalue weighted by Crippen LogP contribution is -2.25. The van der Waals surface area contributed by atoms with E-state index in [1.807, 2.05) is 18.2 Å². The van der Waals surface area contributed by atoms with Crippen LogP contribution in [0, 0.1) is 0 Å². The molecule has 1 aromatic heterocycles. The second-order valence-corrected chi connectivity index (χ2v) is 3.48. The van der Waals surface area contributed by atoms with E-state index in [0.717, 1.165) is 10.9 Å². The summed E-state index contributed by atoms with van der Waals surface area (Å²) in [7, 11) is 0. The van der Waals surface area contributed by atoms with Crippen LogP contribution in [0.3, 0.4) is 0 Å². The maximum absolute atomic E-state index is 7.89. The van der Waals surface area contributed by atoms with Crippen LogP contribution in [0.4, 0.5) is 0 Å². The summed E-state index contributed by atoms with van der Waals surface area (Å²) in [5.74, 6) is 0. The van der Waals surface area contributed by atoms with Crippen LogP contribution in [0.15, 0.2) is 30.5 Å². The van der Waals surface area contributed by atoms with Gasteiger partial charge >= 0.3 is 0 Å². The van der Waals surface area contributed by atoms with Crippen LogP contribution in [0.25, 0.3) is 10.9 Å². The molecule has 0 fully saturated rings. The highest BCUT2D eigenvalue weighted by Crippen LogP contribution is 2.18. The SMILES string of the molecule is Cl.[2H]C([2H])([2H])C([2H])([2H])N(CCc1c[nH]c2ccccc12)C([2H])([2H])C([2H])([2H])[2H]. The molecular weight excluding hydrogens is 232 g/mol. The quantitative estimate of drug-likeness (QED) is 0.874. The molecule has 0 unspecified atom stereocenters. The molecule has 0 spiro atoms. The minimum Gasteiger partial charge on any atom is -0.361 e. The van der Waals surface area contributed by atoms with E-state index in [9.17, 15) is 0 Å². The number of benzene rings is 1. The Morgan fingerprint density at radius 3 is 2.82 bits per heavy atom. The first-order chi connectivity index (χ1) is 11.7. The second kappa shape index (κ2) is 6.67. The summed E-state index contributed by atoms with van der Waals surface area (Å²) in [6, 6.07) is 7.29. The van der Waals surface area contributed by atoms with Crippen LogP contribution in [-0.4, -0.2) is 29.4 Å². The van der Waals surface area contributed by atoms with E-state index in [0.29, 0.717) is 10.5 Å². The first-order valence-electron chi connectivity index (χ1n) is 10.0. The Bertz CT molecular complexity index is 739. The molecule has 1 N–H and O–H groups in total. The second-order valence-electron chi connectivity index (χ2n) is 3.48. The van der Waals surface area contributed by atoms with Crippen LogP contribution in [0.5, 0.6) is 0 Å². The van der Waals surface area contributed by atoms with Gasteiger partial charge in [0.05, 0.1) is 0 Å². The molecule has 0 radical (unpaired) electrons. The van der Waals surface area contributed by atoms with Crippen molar-refractivity contribution in [3.05, 3.63) is 36.0 Å². The molecule has 0 aliphatic heterocycles. The number of hydrogen-bond acceptors (Lipinski definition) is 1. The Morgan fingerprint density at radius 1 is 1.29 bits per heavy atom. The van der Waals surface area contributed by atoms with Gasteiger partial charge in [-0.25, -0.2) is 0 Å². The van der Waals surface area contributed by atoms with Crippen LogP contribution in [0.2, 0.25) is 0 Å². The highest BCUT2D eigenvalue weighted by molar-refractivity contribution is 5.85. The van der Waals surface area contributed by atoms with E-state index in [-0.39, 0.29) is 18.8 Å². The molecule has 0 saturated carbocycles. The van der Waals surface area contributed by atoms with E-state index in [1.165, 1.54) is 0 Å². The Hall–Kier alpha value is -0.990. The third-order valence-electron chi connectivity index (χ3n) is 2.55. The molecule has 0 atom stereocenters. The Kier molecular flexibility index (Phi) is 2.09. The first-order valence-corrected chi connectivity index (χ1v) is 5.02.